The first-order chi connectivity index (χ1) is 12.1. The Labute approximate surface area is 147 Å². The van der Waals surface area contributed by atoms with E-state index in [2.05, 4.69) is 9.97 Å². The Bertz CT molecular complexity index is 764. The molecular formula is C19H23N3O3. The number of methoxy groups -OCH3 is 1. The number of morpholine rings is 1. The Kier molecular flexibility index (Phi) is 4.00. The van der Waals surface area contributed by atoms with Gasteiger partial charge in [-0.2, -0.15) is 0 Å². The number of carbonyl (C=O) groups is 1. The van der Waals surface area contributed by atoms with Gasteiger partial charge in [0, 0.05) is 18.4 Å². The summed E-state index contributed by atoms with van der Waals surface area (Å²) in [6, 6.07) is 7.88. The first kappa shape index (κ1) is 16.1. The molecule has 25 heavy (non-hydrogen) atoms. The molecule has 1 N–H and O–H groups in total. The second-order valence-electron chi connectivity index (χ2n) is 6.87. The minimum absolute atomic E-state index is 0.182. The van der Waals surface area contributed by atoms with Crippen LogP contribution in [0.4, 0.5) is 0 Å². The first-order valence-corrected chi connectivity index (χ1v) is 8.69. The summed E-state index contributed by atoms with van der Waals surface area (Å²) in [7, 11) is 1.65. The predicted molar refractivity (Wildman–Crippen MR) is 92.5 cm³/mol. The molecule has 0 radical (unpaired) electrons. The van der Waals surface area contributed by atoms with E-state index in [9.17, 15) is 4.79 Å². The van der Waals surface area contributed by atoms with E-state index in [-0.39, 0.29) is 17.4 Å². The molecule has 1 aliphatic heterocycles. The maximum Gasteiger partial charge on any atom is 0.233 e. The van der Waals surface area contributed by atoms with Crippen molar-refractivity contribution in [2.24, 2.45) is 0 Å². The number of rotatable bonds is 4. The molecule has 2 aliphatic rings. The molecule has 0 spiro atoms. The summed E-state index contributed by atoms with van der Waals surface area (Å²) in [6.07, 6.45) is 3.41. The van der Waals surface area contributed by atoms with Gasteiger partial charge in [-0.3, -0.25) is 4.79 Å². The van der Waals surface area contributed by atoms with Crippen LogP contribution in [0.5, 0.6) is 5.75 Å². The lowest BCUT2D eigenvalue weighted by Gasteiger charge is -2.34. The Balaban J connectivity index is 1.51. The van der Waals surface area contributed by atoms with Crippen molar-refractivity contribution >= 4 is 5.91 Å². The Hall–Kier alpha value is -2.34. The van der Waals surface area contributed by atoms with Crippen LogP contribution in [0.2, 0.25) is 0 Å². The number of carbonyl (C=O) groups excluding carboxylic acids is 1. The third-order valence-corrected chi connectivity index (χ3v) is 5.18. The lowest BCUT2D eigenvalue weighted by atomic mass is 9.94. The first-order valence-electron chi connectivity index (χ1n) is 8.69. The summed E-state index contributed by atoms with van der Waals surface area (Å²) in [5, 5.41) is 0. The van der Waals surface area contributed by atoms with Crippen LogP contribution in [0.3, 0.4) is 0 Å². The van der Waals surface area contributed by atoms with Gasteiger partial charge in [-0.25, -0.2) is 4.98 Å². The van der Waals surface area contributed by atoms with E-state index >= 15 is 0 Å². The number of hydrogen-bond donors (Lipinski definition) is 1. The maximum atomic E-state index is 13.2. The maximum absolute atomic E-state index is 13.2. The summed E-state index contributed by atoms with van der Waals surface area (Å²) >= 11 is 0. The van der Waals surface area contributed by atoms with Gasteiger partial charge in [-0.15, -0.1) is 0 Å². The normalized spacial score (nSPS) is 21.8. The molecule has 0 unspecified atom stereocenters. The topological polar surface area (TPSA) is 67.4 Å². The van der Waals surface area contributed by atoms with Crippen LogP contribution in [0, 0.1) is 6.92 Å². The molecule has 1 saturated carbocycles. The van der Waals surface area contributed by atoms with Crippen LogP contribution < -0.4 is 4.74 Å². The fraction of sp³-hybridized carbons (Fsp3) is 0.474. The number of aromatic nitrogens is 2. The number of nitrogens with zero attached hydrogens (tertiary/aromatic N) is 2. The van der Waals surface area contributed by atoms with Crippen LogP contribution in [0.25, 0.3) is 0 Å². The molecule has 6 nitrogen and oxygen atoms in total. The molecule has 2 fully saturated rings. The van der Waals surface area contributed by atoms with Crippen molar-refractivity contribution in [3.63, 3.8) is 0 Å². The van der Waals surface area contributed by atoms with E-state index in [1.807, 2.05) is 36.1 Å². The summed E-state index contributed by atoms with van der Waals surface area (Å²) in [5.41, 5.74) is 1.71. The summed E-state index contributed by atoms with van der Waals surface area (Å²) in [5.74, 6) is 1.81. The molecule has 0 bridgehead atoms. The molecule has 1 amide bonds. The SMILES string of the molecule is COc1ccc(C2(C(=O)N3CCO[C@H](c4ncc(C)[nH]4)C3)CC2)cc1. The second kappa shape index (κ2) is 6.19. The van der Waals surface area contributed by atoms with E-state index in [0.29, 0.717) is 19.7 Å². The van der Waals surface area contributed by atoms with Gasteiger partial charge in [-0.1, -0.05) is 12.1 Å². The van der Waals surface area contributed by atoms with Gasteiger partial charge in [0.2, 0.25) is 5.91 Å². The summed E-state index contributed by atoms with van der Waals surface area (Å²) < 4.78 is 11.0. The molecular weight excluding hydrogens is 318 g/mol. The Morgan fingerprint density at radius 2 is 2.12 bits per heavy atom. The quantitative estimate of drug-likeness (QED) is 0.927. The highest BCUT2D eigenvalue weighted by Gasteiger charge is 2.53. The number of aromatic amines is 1. The number of benzene rings is 1. The average Bonchev–Trinajstić information content (AvgIpc) is 3.36. The van der Waals surface area contributed by atoms with Crippen molar-refractivity contribution in [2.45, 2.75) is 31.3 Å². The molecule has 2 heterocycles. The minimum atomic E-state index is -0.368. The second-order valence-corrected chi connectivity index (χ2v) is 6.87. The van der Waals surface area contributed by atoms with E-state index < -0.39 is 0 Å². The largest absolute Gasteiger partial charge is 0.497 e. The number of H-pyrrole nitrogens is 1. The summed E-state index contributed by atoms with van der Waals surface area (Å²) in [4.78, 5) is 22.7. The zero-order valence-corrected chi connectivity index (χ0v) is 14.6. The van der Waals surface area contributed by atoms with Crippen molar-refractivity contribution < 1.29 is 14.3 Å². The number of nitrogens with one attached hydrogen (secondary N) is 1. The van der Waals surface area contributed by atoms with Crippen molar-refractivity contribution in [3.05, 3.63) is 47.5 Å². The van der Waals surface area contributed by atoms with Gasteiger partial charge in [-0.05, 0) is 37.5 Å². The molecule has 1 saturated heterocycles. The van der Waals surface area contributed by atoms with Crippen molar-refractivity contribution in [3.8, 4) is 5.75 Å². The predicted octanol–water partition coefficient (Wildman–Crippen LogP) is 2.36. The highest BCUT2D eigenvalue weighted by Crippen LogP contribution is 2.50. The molecule has 1 atom stereocenters. The molecule has 1 aromatic carbocycles. The van der Waals surface area contributed by atoms with Gasteiger partial charge in [0.05, 0.1) is 25.7 Å². The molecule has 6 heteroatoms. The monoisotopic (exact) mass is 341 g/mol. The highest BCUT2D eigenvalue weighted by molar-refractivity contribution is 5.91. The lowest BCUT2D eigenvalue weighted by Crippen LogP contribution is -2.47. The Morgan fingerprint density at radius 1 is 1.36 bits per heavy atom. The number of ether oxygens (including phenoxy) is 2. The van der Waals surface area contributed by atoms with Crippen molar-refractivity contribution in [1.82, 2.24) is 14.9 Å². The molecule has 4 rings (SSSR count). The third-order valence-electron chi connectivity index (χ3n) is 5.18. The third kappa shape index (κ3) is 2.91. The van der Waals surface area contributed by atoms with Gasteiger partial charge in [0.15, 0.2) is 0 Å². The Morgan fingerprint density at radius 3 is 2.72 bits per heavy atom. The molecule has 132 valence electrons. The smallest absolute Gasteiger partial charge is 0.233 e. The van der Waals surface area contributed by atoms with Crippen LogP contribution in [-0.4, -0.2) is 47.6 Å². The minimum Gasteiger partial charge on any atom is -0.497 e. The standard InChI is InChI=1S/C19H23N3O3/c1-13-11-20-17(21-13)16-12-22(9-10-25-16)18(23)19(7-8-19)14-3-5-15(24-2)6-4-14/h3-6,11,16H,7-10,12H2,1-2H3,(H,20,21)/t16-/m0/s1. The van der Waals surface area contributed by atoms with E-state index in [0.717, 1.165) is 35.7 Å². The zero-order valence-electron chi connectivity index (χ0n) is 14.6. The number of amides is 1. The van der Waals surface area contributed by atoms with Crippen molar-refractivity contribution in [2.75, 3.05) is 26.8 Å². The number of hydrogen-bond acceptors (Lipinski definition) is 4. The highest BCUT2D eigenvalue weighted by atomic mass is 16.5. The van der Waals surface area contributed by atoms with Gasteiger partial charge in [0.1, 0.15) is 17.7 Å². The fourth-order valence-electron chi connectivity index (χ4n) is 3.56. The zero-order chi connectivity index (χ0) is 17.4. The fourth-order valence-corrected chi connectivity index (χ4v) is 3.56. The van der Waals surface area contributed by atoms with Gasteiger partial charge >= 0.3 is 0 Å². The van der Waals surface area contributed by atoms with Crippen molar-refractivity contribution in [1.29, 1.82) is 0 Å². The number of aryl methyl sites for hydroxylation is 1. The molecule has 1 aliphatic carbocycles. The molecule has 1 aromatic heterocycles. The van der Waals surface area contributed by atoms with Gasteiger partial charge in [0.25, 0.3) is 0 Å². The van der Waals surface area contributed by atoms with Crippen LogP contribution in [0.1, 0.15) is 36.0 Å². The summed E-state index contributed by atoms with van der Waals surface area (Å²) in [6.45, 7) is 3.68. The van der Waals surface area contributed by atoms with Crippen LogP contribution >= 0.6 is 0 Å². The van der Waals surface area contributed by atoms with Gasteiger partial charge < -0.3 is 19.4 Å². The lowest BCUT2D eigenvalue weighted by molar-refractivity contribution is -0.142. The van der Waals surface area contributed by atoms with E-state index in [1.165, 1.54) is 0 Å². The number of imidazole rings is 1. The average molecular weight is 341 g/mol. The van der Waals surface area contributed by atoms with Crippen LogP contribution in [-0.2, 0) is 14.9 Å². The molecule has 2 aromatic rings. The van der Waals surface area contributed by atoms with E-state index in [4.69, 9.17) is 9.47 Å². The van der Waals surface area contributed by atoms with E-state index in [1.54, 1.807) is 13.3 Å². The van der Waals surface area contributed by atoms with Crippen LogP contribution in [0.15, 0.2) is 30.5 Å².